The Kier molecular flexibility index (Phi) is 5.78. The standard InChI is InChI=1S/C17H24O/c1-6-8-9-10-13(3)16-11-15(5)17(18-7-2)12-14(16)4/h11-13H,6-7,10H2,1-5H3. The van der Waals surface area contributed by atoms with Gasteiger partial charge in [-0.3, -0.25) is 0 Å². The van der Waals surface area contributed by atoms with Gasteiger partial charge in [0.15, 0.2) is 0 Å². The molecule has 0 aliphatic rings. The van der Waals surface area contributed by atoms with Crippen LogP contribution in [0.1, 0.15) is 56.2 Å². The number of rotatable bonds is 4. The van der Waals surface area contributed by atoms with Crippen molar-refractivity contribution in [3.05, 3.63) is 28.8 Å². The number of benzene rings is 1. The van der Waals surface area contributed by atoms with Crippen LogP contribution in [0, 0.1) is 25.7 Å². The molecule has 98 valence electrons. The molecule has 1 unspecified atom stereocenters. The van der Waals surface area contributed by atoms with E-state index < -0.39 is 0 Å². The second-order valence-electron chi connectivity index (χ2n) is 4.72. The molecular weight excluding hydrogens is 220 g/mol. The molecule has 0 saturated carbocycles. The van der Waals surface area contributed by atoms with Gasteiger partial charge in [-0.25, -0.2) is 0 Å². The first-order chi connectivity index (χ1) is 8.60. The lowest BCUT2D eigenvalue weighted by Crippen LogP contribution is -2.00. The predicted octanol–water partition coefficient (Wildman–Crippen LogP) is 4.61. The summed E-state index contributed by atoms with van der Waals surface area (Å²) in [6, 6.07) is 4.40. The normalized spacial score (nSPS) is 11.6. The second-order valence-corrected chi connectivity index (χ2v) is 4.72. The number of hydrogen-bond acceptors (Lipinski definition) is 1. The molecule has 0 N–H and O–H groups in total. The van der Waals surface area contributed by atoms with Crippen LogP contribution in [0.4, 0.5) is 0 Å². The summed E-state index contributed by atoms with van der Waals surface area (Å²) in [4.78, 5) is 0. The van der Waals surface area contributed by atoms with Crippen LogP contribution in [0.15, 0.2) is 12.1 Å². The summed E-state index contributed by atoms with van der Waals surface area (Å²) in [5.41, 5.74) is 3.91. The minimum atomic E-state index is 0.485. The quantitative estimate of drug-likeness (QED) is 0.703. The topological polar surface area (TPSA) is 9.23 Å². The first kappa shape index (κ1) is 14.6. The van der Waals surface area contributed by atoms with Crippen LogP contribution in [0.5, 0.6) is 5.75 Å². The lowest BCUT2D eigenvalue weighted by atomic mass is 9.92. The Morgan fingerprint density at radius 3 is 2.44 bits per heavy atom. The fourth-order valence-corrected chi connectivity index (χ4v) is 2.11. The minimum Gasteiger partial charge on any atom is -0.494 e. The highest BCUT2D eigenvalue weighted by molar-refractivity contribution is 5.43. The Morgan fingerprint density at radius 1 is 1.11 bits per heavy atom. The van der Waals surface area contributed by atoms with Gasteiger partial charge in [0.2, 0.25) is 0 Å². The van der Waals surface area contributed by atoms with E-state index in [0.29, 0.717) is 5.92 Å². The maximum Gasteiger partial charge on any atom is 0.122 e. The second kappa shape index (κ2) is 7.11. The highest BCUT2D eigenvalue weighted by Crippen LogP contribution is 2.29. The van der Waals surface area contributed by atoms with Crippen molar-refractivity contribution in [2.45, 2.75) is 53.4 Å². The Hall–Kier alpha value is -1.42. The van der Waals surface area contributed by atoms with Crippen molar-refractivity contribution >= 4 is 0 Å². The van der Waals surface area contributed by atoms with Crippen molar-refractivity contribution in [1.29, 1.82) is 0 Å². The third kappa shape index (κ3) is 3.81. The van der Waals surface area contributed by atoms with Crippen molar-refractivity contribution in [1.82, 2.24) is 0 Å². The number of hydrogen-bond donors (Lipinski definition) is 0. The van der Waals surface area contributed by atoms with Crippen LogP contribution < -0.4 is 4.74 Å². The molecule has 0 bridgehead atoms. The summed E-state index contributed by atoms with van der Waals surface area (Å²) >= 11 is 0. The Balaban J connectivity index is 2.92. The molecular formula is C17H24O. The molecule has 18 heavy (non-hydrogen) atoms. The minimum absolute atomic E-state index is 0.485. The number of ether oxygens (including phenoxy) is 1. The summed E-state index contributed by atoms with van der Waals surface area (Å²) in [5.74, 6) is 7.87. The Morgan fingerprint density at radius 2 is 1.83 bits per heavy atom. The summed E-state index contributed by atoms with van der Waals surface area (Å²) in [5, 5.41) is 0. The highest BCUT2D eigenvalue weighted by Gasteiger charge is 2.10. The van der Waals surface area contributed by atoms with Gasteiger partial charge < -0.3 is 4.74 Å². The van der Waals surface area contributed by atoms with Gasteiger partial charge in [0.25, 0.3) is 0 Å². The van der Waals surface area contributed by atoms with E-state index in [4.69, 9.17) is 4.74 Å². The molecule has 0 fully saturated rings. The molecule has 0 amide bonds. The monoisotopic (exact) mass is 244 g/mol. The molecule has 0 heterocycles. The van der Waals surface area contributed by atoms with E-state index in [0.717, 1.165) is 25.2 Å². The van der Waals surface area contributed by atoms with Crippen molar-refractivity contribution in [3.8, 4) is 17.6 Å². The Labute approximate surface area is 112 Å². The molecule has 1 nitrogen and oxygen atoms in total. The highest BCUT2D eigenvalue weighted by atomic mass is 16.5. The van der Waals surface area contributed by atoms with Crippen LogP contribution in [-0.4, -0.2) is 6.61 Å². The van der Waals surface area contributed by atoms with E-state index in [9.17, 15) is 0 Å². The SMILES string of the molecule is CCC#CCC(C)c1cc(C)c(OCC)cc1C. The molecule has 1 rings (SSSR count). The molecule has 0 aliphatic carbocycles. The van der Waals surface area contributed by atoms with Gasteiger partial charge in [-0.05, 0) is 49.4 Å². The lowest BCUT2D eigenvalue weighted by Gasteiger charge is -2.16. The third-order valence-electron chi connectivity index (χ3n) is 3.10. The molecule has 1 aromatic rings. The predicted molar refractivity (Wildman–Crippen MR) is 78.2 cm³/mol. The van der Waals surface area contributed by atoms with Crippen LogP contribution in [0.3, 0.4) is 0 Å². The van der Waals surface area contributed by atoms with Crippen LogP contribution in [0.2, 0.25) is 0 Å². The van der Waals surface area contributed by atoms with Gasteiger partial charge in [0.1, 0.15) is 5.75 Å². The van der Waals surface area contributed by atoms with Crippen LogP contribution >= 0.6 is 0 Å². The third-order valence-corrected chi connectivity index (χ3v) is 3.10. The van der Waals surface area contributed by atoms with Crippen molar-refractivity contribution in [2.75, 3.05) is 6.61 Å². The maximum absolute atomic E-state index is 5.62. The fourth-order valence-electron chi connectivity index (χ4n) is 2.11. The van der Waals surface area contributed by atoms with Crippen molar-refractivity contribution < 1.29 is 4.74 Å². The average molecular weight is 244 g/mol. The molecule has 0 saturated heterocycles. The van der Waals surface area contributed by atoms with Gasteiger partial charge in [-0.1, -0.05) is 19.9 Å². The Bertz CT molecular complexity index is 449. The van der Waals surface area contributed by atoms with Crippen molar-refractivity contribution in [2.24, 2.45) is 0 Å². The molecule has 0 aromatic heterocycles. The lowest BCUT2D eigenvalue weighted by molar-refractivity contribution is 0.337. The average Bonchev–Trinajstić information content (AvgIpc) is 2.34. The maximum atomic E-state index is 5.62. The van der Waals surface area contributed by atoms with Crippen LogP contribution in [-0.2, 0) is 0 Å². The molecule has 1 heteroatoms. The van der Waals surface area contributed by atoms with Gasteiger partial charge in [0.05, 0.1) is 6.61 Å². The smallest absolute Gasteiger partial charge is 0.122 e. The van der Waals surface area contributed by atoms with Gasteiger partial charge in [-0.2, -0.15) is 0 Å². The molecule has 1 atom stereocenters. The summed E-state index contributed by atoms with van der Waals surface area (Å²) < 4.78 is 5.62. The fraction of sp³-hybridized carbons (Fsp3) is 0.529. The van der Waals surface area contributed by atoms with E-state index in [1.54, 1.807) is 0 Å². The van der Waals surface area contributed by atoms with Gasteiger partial charge >= 0.3 is 0 Å². The zero-order valence-electron chi connectivity index (χ0n) is 12.3. The summed E-state index contributed by atoms with van der Waals surface area (Å²) in [6.45, 7) is 11.3. The zero-order chi connectivity index (χ0) is 13.5. The van der Waals surface area contributed by atoms with E-state index in [1.165, 1.54) is 16.7 Å². The molecule has 1 aromatic carbocycles. The zero-order valence-corrected chi connectivity index (χ0v) is 12.3. The van der Waals surface area contributed by atoms with Crippen LogP contribution in [0.25, 0.3) is 0 Å². The van der Waals surface area contributed by atoms with E-state index in [-0.39, 0.29) is 0 Å². The largest absolute Gasteiger partial charge is 0.494 e. The van der Waals surface area contributed by atoms with Crippen molar-refractivity contribution in [3.63, 3.8) is 0 Å². The van der Waals surface area contributed by atoms with Gasteiger partial charge in [0, 0.05) is 12.8 Å². The molecule has 0 radical (unpaired) electrons. The van der Waals surface area contributed by atoms with Gasteiger partial charge in [-0.15, -0.1) is 11.8 Å². The first-order valence-corrected chi connectivity index (χ1v) is 6.79. The number of aryl methyl sites for hydroxylation is 2. The van der Waals surface area contributed by atoms with E-state index in [2.05, 4.69) is 51.7 Å². The molecule has 0 spiro atoms. The summed E-state index contributed by atoms with van der Waals surface area (Å²) in [6.07, 6.45) is 1.87. The summed E-state index contributed by atoms with van der Waals surface area (Å²) in [7, 11) is 0. The first-order valence-electron chi connectivity index (χ1n) is 6.79. The van der Waals surface area contributed by atoms with E-state index >= 15 is 0 Å². The molecule has 0 aliphatic heterocycles. The van der Waals surface area contributed by atoms with E-state index in [1.807, 2.05) is 6.92 Å².